The highest BCUT2D eigenvalue weighted by molar-refractivity contribution is 6.21. The van der Waals surface area contributed by atoms with Gasteiger partial charge in [0.1, 0.15) is 0 Å². The Kier molecular flexibility index (Phi) is 4.46. The highest BCUT2D eigenvalue weighted by Crippen LogP contribution is 2.24. The van der Waals surface area contributed by atoms with Crippen LogP contribution in [0.5, 0.6) is 0 Å². The normalized spacial score (nSPS) is 13.1. The van der Waals surface area contributed by atoms with E-state index >= 15 is 0 Å². The number of aryl methyl sites for hydroxylation is 1. The Morgan fingerprint density at radius 1 is 1.08 bits per heavy atom. The van der Waals surface area contributed by atoms with Gasteiger partial charge in [-0.1, -0.05) is 12.1 Å². The van der Waals surface area contributed by atoms with E-state index in [0.717, 1.165) is 4.90 Å². The average Bonchev–Trinajstić information content (AvgIpc) is 2.87. The molecule has 1 aliphatic rings. The zero-order chi connectivity index (χ0) is 19.0. The van der Waals surface area contributed by atoms with Gasteiger partial charge in [-0.3, -0.25) is 24.1 Å². The van der Waals surface area contributed by atoms with Crippen LogP contribution in [0.4, 0.5) is 0 Å². The number of rotatable bonds is 4. The van der Waals surface area contributed by atoms with Gasteiger partial charge in [0.25, 0.3) is 17.4 Å². The van der Waals surface area contributed by atoms with Crippen molar-refractivity contribution in [2.75, 3.05) is 7.11 Å². The Hall–Kier alpha value is -3.22. The molecule has 1 aromatic heterocycles. The molecule has 1 aliphatic heterocycles. The van der Waals surface area contributed by atoms with Gasteiger partial charge in [-0.15, -0.1) is 0 Å². The number of benzene rings is 1. The van der Waals surface area contributed by atoms with Crippen LogP contribution in [0.25, 0.3) is 0 Å². The average molecular weight is 354 g/mol. The number of amides is 2. The number of methoxy groups -OCH3 is 1. The molecule has 26 heavy (non-hydrogen) atoms. The molecule has 0 spiro atoms. The second-order valence-corrected chi connectivity index (χ2v) is 6.15. The number of fused-ring (bicyclic) bond motifs is 1. The van der Waals surface area contributed by atoms with E-state index in [9.17, 15) is 19.2 Å². The summed E-state index contributed by atoms with van der Waals surface area (Å²) in [5.41, 5.74) is 1.64. The fourth-order valence-electron chi connectivity index (χ4n) is 3.03. The van der Waals surface area contributed by atoms with E-state index in [2.05, 4.69) is 4.74 Å². The van der Waals surface area contributed by atoms with E-state index in [4.69, 9.17) is 0 Å². The summed E-state index contributed by atoms with van der Waals surface area (Å²) in [4.78, 5) is 50.6. The fourth-order valence-corrected chi connectivity index (χ4v) is 3.03. The molecule has 0 saturated carbocycles. The summed E-state index contributed by atoms with van der Waals surface area (Å²) in [5.74, 6) is -1.39. The van der Waals surface area contributed by atoms with Crippen molar-refractivity contribution in [1.82, 2.24) is 9.47 Å². The van der Waals surface area contributed by atoms with Crippen molar-refractivity contribution in [3.05, 3.63) is 68.6 Å². The van der Waals surface area contributed by atoms with Crippen molar-refractivity contribution in [3.8, 4) is 0 Å². The molecule has 3 rings (SSSR count). The highest BCUT2D eigenvalue weighted by Gasteiger charge is 2.36. The van der Waals surface area contributed by atoms with Crippen LogP contribution < -0.4 is 5.56 Å². The predicted octanol–water partition coefficient (Wildman–Crippen LogP) is 1.21. The summed E-state index contributed by atoms with van der Waals surface area (Å²) in [6.07, 6.45) is -0.105. The lowest BCUT2D eigenvalue weighted by atomic mass is 10.0. The van der Waals surface area contributed by atoms with E-state index < -0.39 is 17.8 Å². The molecule has 2 amide bonds. The first-order valence-electron chi connectivity index (χ1n) is 8.05. The van der Waals surface area contributed by atoms with Crippen LogP contribution in [0.2, 0.25) is 0 Å². The first kappa shape index (κ1) is 17.6. The molecular formula is C19H18N2O5. The van der Waals surface area contributed by atoms with Gasteiger partial charge in [0.05, 0.1) is 31.2 Å². The van der Waals surface area contributed by atoms with E-state index in [1.165, 1.54) is 11.7 Å². The number of pyridine rings is 1. The third kappa shape index (κ3) is 2.81. The van der Waals surface area contributed by atoms with E-state index in [1.807, 2.05) is 0 Å². The molecule has 0 radical (unpaired) electrons. The van der Waals surface area contributed by atoms with Gasteiger partial charge in [-0.25, -0.2) is 0 Å². The quantitative estimate of drug-likeness (QED) is 0.608. The molecule has 0 saturated heterocycles. The smallest absolute Gasteiger partial charge is 0.309 e. The molecule has 1 aromatic carbocycles. The van der Waals surface area contributed by atoms with Crippen molar-refractivity contribution in [2.24, 2.45) is 7.05 Å². The number of aromatic nitrogens is 1. The molecule has 0 fully saturated rings. The van der Waals surface area contributed by atoms with Crippen molar-refractivity contribution in [2.45, 2.75) is 19.9 Å². The maximum absolute atomic E-state index is 12.7. The Morgan fingerprint density at radius 3 is 2.19 bits per heavy atom. The van der Waals surface area contributed by atoms with Gasteiger partial charge < -0.3 is 9.30 Å². The van der Waals surface area contributed by atoms with Crippen LogP contribution in [0.1, 0.15) is 37.5 Å². The largest absolute Gasteiger partial charge is 0.469 e. The number of carbonyl (C=O) groups excluding carboxylic acids is 3. The maximum atomic E-state index is 12.7. The van der Waals surface area contributed by atoms with E-state index in [-0.39, 0.29) is 24.1 Å². The monoisotopic (exact) mass is 354 g/mol. The third-order valence-corrected chi connectivity index (χ3v) is 4.62. The third-order valence-electron chi connectivity index (χ3n) is 4.62. The molecule has 0 N–H and O–H groups in total. The SMILES string of the molecule is COC(=O)Cc1cc(C)n(C)c(=O)c1CN1C(=O)c2ccccc2C1=O. The number of nitrogens with zero attached hydrogens (tertiary/aromatic N) is 2. The second kappa shape index (κ2) is 6.59. The standard InChI is InChI=1S/C19H18N2O5/c1-11-8-12(9-16(22)26-3)15(17(23)20(11)2)10-21-18(24)13-6-4-5-7-14(13)19(21)25/h4-8H,9-10H2,1-3H3. The van der Waals surface area contributed by atoms with Crippen molar-refractivity contribution >= 4 is 17.8 Å². The minimum atomic E-state index is -0.499. The molecule has 134 valence electrons. The number of ether oxygens (including phenoxy) is 1. The predicted molar refractivity (Wildman–Crippen MR) is 92.8 cm³/mol. The lowest BCUT2D eigenvalue weighted by molar-refractivity contribution is -0.139. The van der Waals surface area contributed by atoms with Crippen molar-refractivity contribution < 1.29 is 19.1 Å². The zero-order valence-corrected chi connectivity index (χ0v) is 14.7. The summed E-state index contributed by atoms with van der Waals surface area (Å²) >= 11 is 0. The number of hydrogen-bond acceptors (Lipinski definition) is 5. The second-order valence-electron chi connectivity index (χ2n) is 6.15. The summed E-state index contributed by atoms with van der Waals surface area (Å²) < 4.78 is 6.11. The molecule has 2 aromatic rings. The van der Waals surface area contributed by atoms with Gasteiger partial charge in [0, 0.05) is 18.3 Å². The van der Waals surface area contributed by atoms with Gasteiger partial charge in [-0.2, -0.15) is 0 Å². The highest BCUT2D eigenvalue weighted by atomic mass is 16.5. The lowest BCUT2D eigenvalue weighted by Crippen LogP contribution is -2.35. The first-order chi connectivity index (χ1) is 12.3. The van der Waals surface area contributed by atoms with Crippen LogP contribution in [-0.2, 0) is 29.5 Å². The Balaban J connectivity index is 2.04. The number of hydrogen-bond donors (Lipinski definition) is 0. The zero-order valence-electron chi connectivity index (χ0n) is 14.7. The topological polar surface area (TPSA) is 85.7 Å². The lowest BCUT2D eigenvalue weighted by Gasteiger charge is -2.18. The number of esters is 1. The van der Waals surface area contributed by atoms with Gasteiger partial charge in [0.2, 0.25) is 0 Å². The van der Waals surface area contributed by atoms with E-state index in [1.54, 1.807) is 44.3 Å². The van der Waals surface area contributed by atoms with Crippen LogP contribution in [0.3, 0.4) is 0 Å². The van der Waals surface area contributed by atoms with Gasteiger partial charge in [0.15, 0.2) is 0 Å². The van der Waals surface area contributed by atoms with E-state index in [0.29, 0.717) is 22.4 Å². The molecular weight excluding hydrogens is 336 g/mol. The minimum Gasteiger partial charge on any atom is -0.469 e. The molecule has 0 aliphatic carbocycles. The van der Waals surface area contributed by atoms with Crippen LogP contribution in [-0.4, -0.2) is 34.4 Å². The minimum absolute atomic E-state index is 0.105. The Morgan fingerprint density at radius 2 is 1.65 bits per heavy atom. The molecule has 7 nitrogen and oxygen atoms in total. The summed E-state index contributed by atoms with van der Waals surface area (Å²) in [5, 5.41) is 0. The van der Waals surface area contributed by atoms with Gasteiger partial charge >= 0.3 is 5.97 Å². The number of carbonyl (C=O) groups is 3. The Bertz CT molecular complexity index is 955. The maximum Gasteiger partial charge on any atom is 0.309 e. The van der Waals surface area contributed by atoms with Gasteiger partial charge in [-0.05, 0) is 30.7 Å². The molecule has 0 atom stereocenters. The summed E-state index contributed by atoms with van der Waals surface area (Å²) in [7, 11) is 2.87. The molecule has 7 heteroatoms. The number of imide groups is 1. The van der Waals surface area contributed by atoms with Crippen LogP contribution in [0.15, 0.2) is 35.1 Å². The molecule has 0 unspecified atom stereocenters. The fraction of sp³-hybridized carbons (Fsp3) is 0.263. The first-order valence-corrected chi connectivity index (χ1v) is 8.05. The summed E-state index contributed by atoms with van der Waals surface area (Å²) in [6, 6.07) is 8.23. The summed E-state index contributed by atoms with van der Waals surface area (Å²) in [6.45, 7) is 1.56. The van der Waals surface area contributed by atoms with Crippen molar-refractivity contribution in [1.29, 1.82) is 0 Å². The van der Waals surface area contributed by atoms with Crippen LogP contribution >= 0.6 is 0 Å². The van der Waals surface area contributed by atoms with Crippen LogP contribution in [0, 0.1) is 6.92 Å². The molecule has 2 heterocycles. The molecule has 0 bridgehead atoms. The van der Waals surface area contributed by atoms with Crippen molar-refractivity contribution in [3.63, 3.8) is 0 Å². The Labute approximate surface area is 149 Å².